The highest BCUT2D eigenvalue weighted by Gasteiger charge is 2.32. The Bertz CT molecular complexity index is 1330. The van der Waals surface area contributed by atoms with Gasteiger partial charge in [-0.1, -0.05) is 36.4 Å². The third kappa shape index (κ3) is 9.24. The molecule has 1 aliphatic heterocycles. The van der Waals surface area contributed by atoms with Crippen LogP contribution in [0.3, 0.4) is 0 Å². The Balaban J connectivity index is 1.52. The Morgan fingerprint density at radius 2 is 1.71 bits per heavy atom. The van der Waals surface area contributed by atoms with Crippen molar-refractivity contribution in [1.29, 1.82) is 0 Å². The summed E-state index contributed by atoms with van der Waals surface area (Å²) in [6.45, 7) is 5.78. The lowest BCUT2D eigenvalue weighted by Gasteiger charge is -2.42. The van der Waals surface area contributed by atoms with Gasteiger partial charge < -0.3 is 20.5 Å². The summed E-state index contributed by atoms with van der Waals surface area (Å²) >= 11 is 0. The second-order valence-electron chi connectivity index (χ2n) is 11.5. The minimum Gasteiger partial charge on any atom is -0.488 e. The lowest BCUT2D eigenvalue weighted by molar-refractivity contribution is -0.122. The molecular formula is C31H38F2N2O5S. The van der Waals surface area contributed by atoms with Crippen LogP contribution < -0.4 is 15.4 Å². The van der Waals surface area contributed by atoms with E-state index >= 15 is 0 Å². The number of rotatable bonds is 10. The van der Waals surface area contributed by atoms with Gasteiger partial charge in [0.2, 0.25) is 5.91 Å². The Kier molecular flexibility index (Phi) is 9.71. The van der Waals surface area contributed by atoms with Gasteiger partial charge in [0, 0.05) is 12.6 Å². The molecule has 0 aromatic heterocycles. The number of carbonyl (C=O) groups excluding carboxylic acids is 1. The lowest BCUT2D eigenvalue weighted by atomic mass is 9.98. The zero-order valence-corrected chi connectivity index (χ0v) is 24.3. The molecule has 1 heterocycles. The highest BCUT2D eigenvalue weighted by atomic mass is 32.3. The quantitative estimate of drug-likeness (QED) is 0.218. The maximum atomic E-state index is 13.9. The third-order valence-electron chi connectivity index (χ3n) is 6.71. The molecule has 0 fully saturated rings. The minimum absolute atomic E-state index is 0.0158. The molecule has 3 atom stereocenters. The maximum Gasteiger partial charge on any atom is 0.224 e. The van der Waals surface area contributed by atoms with Crippen LogP contribution in [-0.4, -0.2) is 50.2 Å². The fraction of sp³-hybridized carbons (Fsp3) is 0.387. The van der Waals surface area contributed by atoms with E-state index in [2.05, 4.69) is 10.6 Å². The monoisotopic (exact) mass is 588 g/mol. The predicted octanol–water partition coefficient (Wildman–Crippen LogP) is 5.37. The molecule has 3 aromatic carbocycles. The Morgan fingerprint density at radius 1 is 1.02 bits per heavy atom. The first-order valence-electron chi connectivity index (χ1n) is 13.5. The molecule has 0 unspecified atom stereocenters. The summed E-state index contributed by atoms with van der Waals surface area (Å²) in [5, 5.41) is 17.3. The van der Waals surface area contributed by atoms with Gasteiger partial charge in [0.05, 0.1) is 36.1 Å². The zero-order chi connectivity index (χ0) is 29.8. The van der Waals surface area contributed by atoms with Gasteiger partial charge in [-0.15, -0.1) is 0 Å². The van der Waals surface area contributed by atoms with Crippen molar-refractivity contribution >= 4 is 16.5 Å². The number of benzene rings is 3. The summed E-state index contributed by atoms with van der Waals surface area (Å²) in [7, 11) is -2.91. The third-order valence-corrected chi connectivity index (χ3v) is 8.35. The van der Waals surface area contributed by atoms with Gasteiger partial charge in [0.1, 0.15) is 23.0 Å². The Labute approximate surface area is 241 Å². The average molecular weight is 589 g/mol. The second kappa shape index (κ2) is 12.9. The van der Waals surface area contributed by atoms with E-state index in [1.54, 1.807) is 6.07 Å². The number of aliphatic hydroxyl groups is 1. The summed E-state index contributed by atoms with van der Waals surface area (Å²) in [6.07, 6.45) is -1.11. The molecule has 0 aliphatic carbocycles. The van der Waals surface area contributed by atoms with Crippen molar-refractivity contribution in [2.45, 2.75) is 63.2 Å². The first-order chi connectivity index (χ1) is 19.3. The van der Waals surface area contributed by atoms with E-state index < -0.39 is 46.0 Å². The molecule has 0 saturated heterocycles. The van der Waals surface area contributed by atoms with Gasteiger partial charge in [-0.3, -0.25) is 13.9 Å². The van der Waals surface area contributed by atoms with Crippen LogP contribution in [0.2, 0.25) is 0 Å². The van der Waals surface area contributed by atoms with Gasteiger partial charge in [0.15, 0.2) is 0 Å². The smallest absolute Gasteiger partial charge is 0.224 e. The fourth-order valence-electron chi connectivity index (χ4n) is 4.99. The van der Waals surface area contributed by atoms with Crippen molar-refractivity contribution in [3.8, 4) is 5.75 Å². The fourth-order valence-corrected chi connectivity index (χ4v) is 6.70. The topological polar surface area (TPSA) is 111 Å². The molecule has 0 bridgehead atoms. The van der Waals surface area contributed by atoms with Crippen LogP contribution in [0.15, 0.2) is 66.7 Å². The van der Waals surface area contributed by atoms with E-state index in [9.17, 15) is 27.8 Å². The molecule has 3 aromatic rings. The van der Waals surface area contributed by atoms with Crippen molar-refractivity contribution in [3.05, 3.63) is 101 Å². The number of hydrogen-bond donors (Lipinski definition) is 5. The Morgan fingerprint density at radius 3 is 2.37 bits per heavy atom. The molecule has 4 rings (SSSR count). The van der Waals surface area contributed by atoms with Crippen LogP contribution in [0.5, 0.6) is 5.75 Å². The standard InChI is InChI=1S/C31H38F2N2O5S/c1-31(2,3)40-25-10-9-22-18-41(38,39)19-28(26(22)16-25)34-17-29(36)27(13-21-11-23(32)15-24(33)12-21)35-30(37)14-20-7-5-4-6-8-20/h4-12,15-16,27-29,34,36,38-39H,13-14,17-19H2,1-3H3,(H,35,37)/t27-,28-,29-/m0/s1. The van der Waals surface area contributed by atoms with Crippen molar-refractivity contribution in [2.75, 3.05) is 12.3 Å². The van der Waals surface area contributed by atoms with Crippen molar-refractivity contribution < 1.29 is 32.5 Å². The first-order valence-corrected chi connectivity index (χ1v) is 15.4. The van der Waals surface area contributed by atoms with E-state index in [1.165, 1.54) is 12.1 Å². The van der Waals surface area contributed by atoms with Crippen LogP contribution in [0.4, 0.5) is 8.78 Å². The van der Waals surface area contributed by atoms with Crippen LogP contribution in [0, 0.1) is 11.6 Å². The number of nitrogens with one attached hydrogen (secondary N) is 2. The highest BCUT2D eigenvalue weighted by Crippen LogP contribution is 2.51. The zero-order valence-electron chi connectivity index (χ0n) is 23.4. The molecule has 1 amide bonds. The van der Waals surface area contributed by atoms with Gasteiger partial charge in [-0.05, 0) is 73.7 Å². The van der Waals surface area contributed by atoms with Gasteiger partial charge in [-0.2, -0.15) is 10.6 Å². The first kappa shape index (κ1) is 30.9. The highest BCUT2D eigenvalue weighted by molar-refractivity contribution is 8.23. The van der Waals surface area contributed by atoms with Crippen molar-refractivity contribution in [2.24, 2.45) is 0 Å². The molecule has 1 aliphatic rings. The van der Waals surface area contributed by atoms with E-state index in [-0.39, 0.29) is 42.4 Å². The minimum atomic E-state index is -2.91. The van der Waals surface area contributed by atoms with Crippen LogP contribution >= 0.6 is 10.6 Å². The summed E-state index contributed by atoms with van der Waals surface area (Å²) in [4.78, 5) is 12.9. The number of ether oxygens (including phenoxy) is 1. The lowest BCUT2D eigenvalue weighted by Crippen LogP contribution is -2.50. The molecular weight excluding hydrogens is 550 g/mol. The molecule has 10 heteroatoms. The normalized spacial score (nSPS) is 18.6. The number of hydrogen-bond acceptors (Lipinski definition) is 6. The van der Waals surface area contributed by atoms with E-state index in [4.69, 9.17) is 4.74 Å². The predicted molar refractivity (Wildman–Crippen MR) is 157 cm³/mol. The molecule has 0 radical (unpaired) electrons. The molecule has 7 nitrogen and oxygen atoms in total. The molecule has 0 spiro atoms. The van der Waals surface area contributed by atoms with Crippen LogP contribution in [-0.2, 0) is 23.4 Å². The van der Waals surface area contributed by atoms with E-state index in [1.807, 2.05) is 63.2 Å². The van der Waals surface area contributed by atoms with E-state index in [0.717, 1.165) is 22.8 Å². The van der Waals surface area contributed by atoms with Crippen LogP contribution in [0.25, 0.3) is 0 Å². The molecule has 0 saturated carbocycles. The SMILES string of the molecule is CC(C)(C)Oc1ccc2c(c1)[C@@H](NC[C@H](O)[C@H](Cc1cc(F)cc(F)c1)NC(=O)Cc1ccccc1)CS(O)(O)C2. The van der Waals surface area contributed by atoms with Gasteiger partial charge in [0.25, 0.3) is 0 Å². The van der Waals surface area contributed by atoms with Gasteiger partial charge >= 0.3 is 0 Å². The number of halogens is 2. The summed E-state index contributed by atoms with van der Waals surface area (Å²) in [5.74, 6) is -1.04. The van der Waals surface area contributed by atoms with Crippen molar-refractivity contribution in [1.82, 2.24) is 10.6 Å². The number of aliphatic hydroxyl groups excluding tert-OH is 1. The molecule has 222 valence electrons. The molecule has 41 heavy (non-hydrogen) atoms. The molecule has 5 N–H and O–H groups in total. The Hall–Kier alpha value is -3.02. The van der Waals surface area contributed by atoms with E-state index in [0.29, 0.717) is 5.75 Å². The maximum absolute atomic E-state index is 13.9. The largest absolute Gasteiger partial charge is 0.488 e. The number of amides is 1. The van der Waals surface area contributed by atoms with Crippen LogP contribution in [0.1, 0.15) is 49.1 Å². The summed E-state index contributed by atoms with van der Waals surface area (Å²) < 4.78 is 55.0. The number of carbonyl (C=O) groups is 1. The average Bonchev–Trinajstić information content (AvgIpc) is 2.85. The number of fused-ring (bicyclic) bond motifs is 1. The van der Waals surface area contributed by atoms with Crippen molar-refractivity contribution in [3.63, 3.8) is 0 Å². The van der Waals surface area contributed by atoms with Gasteiger partial charge in [-0.25, -0.2) is 8.78 Å². The second-order valence-corrected chi connectivity index (χ2v) is 13.8. The summed E-state index contributed by atoms with van der Waals surface area (Å²) in [6, 6.07) is 16.3. The summed E-state index contributed by atoms with van der Waals surface area (Å²) in [5.41, 5.74) is 2.25.